The molecule has 0 unspecified atom stereocenters. The number of carbonyl (C=O) groups is 2. The summed E-state index contributed by atoms with van der Waals surface area (Å²) in [5, 5.41) is 21.9. The van der Waals surface area contributed by atoms with Gasteiger partial charge in [-0.25, -0.2) is 0 Å². The predicted molar refractivity (Wildman–Crippen MR) is 72.0 cm³/mol. The predicted octanol–water partition coefficient (Wildman–Crippen LogP) is 1.50. The number of nitro groups is 1. The van der Waals surface area contributed by atoms with Crippen molar-refractivity contribution >= 4 is 17.4 Å². The molecule has 0 aromatic heterocycles. The zero-order chi connectivity index (χ0) is 15.6. The van der Waals surface area contributed by atoms with Crippen molar-refractivity contribution < 1.29 is 19.6 Å². The Morgan fingerprint density at radius 2 is 1.67 bits per heavy atom. The highest BCUT2D eigenvalue weighted by Gasteiger charge is 2.18. The highest BCUT2D eigenvalue weighted by Crippen LogP contribution is 2.22. The minimum absolute atomic E-state index is 0.0565. The van der Waals surface area contributed by atoms with Gasteiger partial charge < -0.3 is 9.90 Å². The van der Waals surface area contributed by atoms with Gasteiger partial charge >= 0.3 is 0 Å². The molecule has 6 heteroatoms. The van der Waals surface area contributed by atoms with Crippen LogP contribution in [0.5, 0.6) is 0 Å². The Kier molecular flexibility index (Phi) is 3.80. The number of benzene rings is 2. The van der Waals surface area contributed by atoms with E-state index in [0.29, 0.717) is 5.56 Å². The van der Waals surface area contributed by atoms with E-state index in [1.165, 1.54) is 36.4 Å². The molecule has 2 aromatic rings. The monoisotopic (exact) mass is 284 g/mol. The number of carboxylic acid groups (broad SMARTS) is 1. The number of hydrogen-bond acceptors (Lipinski definition) is 5. The fourth-order valence-corrected chi connectivity index (χ4v) is 1.96. The molecule has 0 aliphatic rings. The molecular formula is C15H10NO5-. The van der Waals surface area contributed by atoms with Gasteiger partial charge in [-0.3, -0.25) is 14.9 Å². The molecule has 0 atom stereocenters. The molecule has 0 saturated heterocycles. The number of nitrogens with zero attached hydrogens (tertiary/aromatic N) is 1. The summed E-state index contributed by atoms with van der Waals surface area (Å²) < 4.78 is 0. The van der Waals surface area contributed by atoms with Gasteiger partial charge in [0.1, 0.15) is 0 Å². The number of aryl methyl sites for hydroxylation is 1. The van der Waals surface area contributed by atoms with Crippen molar-refractivity contribution in [1.29, 1.82) is 0 Å². The van der Waals surface area contributed by atoms with Crippen molar-refractivity contribution in [1.82, 2.24) is 0 Å². The van der Waals surface area contributed by atoms with Crippen molar-refractivity contribution in [2.24, 2.45) is 0 Å². The van der Waals surface area contributed by atoms with Gasteiger partial charge in [0.15, 0.2) is 5.78 Å². The van der Waals surface area contributed by atoms with Crippen molar-refractivity contribution in [3.63, 3.8) is 0 Å². The molecule has 0 spiro atoms. The molecule has 0 aliphatic carbocycles. The van der Waals surface area contributed by atoms with Crippen LogP contribution in [0, 0.1) is 17.0 Å². The second-order valence-electron chi connectivity index (χ2n) is 4.42. The number of rotatable bonds is 4. The van der Waals surface area contributed by atoms with E-state index in [-0.39, 0.29) is 22.4 Å². The van der Waals surface area contributed by atoms with Crippen LogP contribution in [0.25, 0.3) is 0 Å². The molecule has 0 fully saturated rings. The van der Waals surface area contributed by atoms with E-state index in [1.807, 2.05) is 0 Å². The first-order valence-corrected chi connectivity index (χ1v) is 6.02. The molecule has 0 heterocycles. The fraction of sp³-hybridized carbons (Fsp3) is 0.0667. The minimum Gasteiger partial charge on any atom is -0.545 e. The zero-order valence-electron chi connectivity index (χ0n) is 11.0. The molecule has 0 aliphatic heterocycles. The number of ketones is 1. The first kappa shape index (κ1) is 14.4. The first-order valence-electron chi connectivity index (χ1n) is 6.02. The quantitative estimate of drug-likeness (QED) is 0.481. The van der Waals surface area contributed by atoms with Crippen LogP contribution < -0.4 is 5.11 Å². The van der Waals surface area contributed by atoms with E-state index < -0.39 is 16.7 Å². The summed E-state index contributed by atoms with van der Waals surface area (Å²) in [6.45, 7) is 1.56. The Labute approximate surface area is 119 Å². The molecule has 0 amide bonds. The lowest BCUT2D eigenvalue weighted by atomic mass is 9.97. The number of aromatic carboxylic acids is 1. The Morgan fingerprint density at radius 3 is 2.24 bits per heavy atom. The highest BCUT2D eigenvalue weighted by atomic mass is 16.6. The summed E-state index contributed by atoms with van der Waals surface area (Å²) in [5.74, 6) is -2.07. The maximum Gasteiger partial charge on any atom is 0.273 e. The van der Waals surface area contributed by atoms with Gasteiger partial charge in [-0.1, -0.05) is 36.4 Å². The van der Waals surface area contributed by atoms with E-state index in [1.54, 1.807) is 6.92 Å². The van der Waals surface area contributed by atoms with Gasteiger partial charge in [0.25, 0.3) is 5.69 Å². The topological polar surface area (TPSA) is 100 Å². The Bertz CT molecular complexity index is 751. The summed E-state index contributed by atoms with van der Waals surface area (Å²) in [5.41, 5.74) is -0.0149. The molecule has 106 valence electrons. The van der Waals surface area contributed by atoms with Crippen LogP contribution in [0.2, 0.25) is 0 Å². The highest BCUT2D eigenvalue weighted by molar-refractivity contribution is 6.14. The van der Waals surface area contributed by atoms with Crippen LogP contribution in [-0.4, -0.2) is 16.7 Å². The number of hydrogen-bond donors (Lipinski definition) is 0. The maximum absolute atomic E-state index is 12.3. The number of nitro benzene ring substituents is 1. The van der Waals surface area contributed by atoms with E-state index in [0.717, 1.165) is 6.07 Å². The third kappa shape index (κ3) is 2.79. The van der Waals surface area contributed by atoms with Crippen LogP contribution in [0.4, 0.5) is 5.69 Å². The van der Waals surface area contributed by atoms with Crippen molar-refractivity contribution in [3.05, 3.63) is 74.8 Å². The Morgan fingerprint density at radius 1 is 1.05 bits per heavy atom. The maximum atomic E-state index is 12.3. The fourth-order valence-electron chi connectivity index (χ4n) is 1.96. The summed E-state index contributed by atoms with van der Waals surface area (Å²) in [4.78, 5) is 33.7. The first-order chi connectivity index (χ1) is 9.91. The zero-order valence-corrected chi connectivity index (χ0v) is 11.0. The minimum atomic E-state index is -1.47. The van der Waals surface area contributed by atoms with Crippen molar-refractivity contribution in [2.45, 2.75) is 6.92 Å². The lowest BCUT2D eigenvalue weighted by Gasteiger charge is -2.09. The Hall–Kier alpha value is -3.02. The van der Waals surface area contributed by atoms with Crippen LogP contribution in [-0.2, 0) is 0 Å². The van der Waals surface area contributed by atoms with Gasteiger partial charge in [-0.15, -0.1) is 0 Å². The van der Waals surface area contributed by atoms with Gasteiger partial charge in [-0.05, 0) is 6.92 Å². The second-order valence-corrected chi connectivity index (χ2v) is 4.42. The van der Waals surface area contributed by atoms with Gasteiger partial charge in [0.05, 0.1) is 10.9 Å². The van der Waals surface area contributed by atoms with Crippen molar-refractivity contribution in [2.75, 3.05) is 0 Å². The van der Waals surface area contributed by atoms with Crippen LogP contribution in [0.1, 0.15) is 31.8 Å². The summed E-state index contributed by atoms with van der Waals surface area (Å²) >= 11 is 0. The molecule has 2 aromatic carbocycles. The molecular weight excluding hydrogens is 274 g/mol. The van der Waals surface area contributed by atoms with Crippen LogP contribution in [0.15, 0.2) is 42.5 Å². The number of carbonyl (C=O) groups excluding carboxylic acids is 2. The molecule has 0 N–H and O–H groups in total. The normalized spacial score (nSPS) is 10.1. The van der Waals surface area contributed by atoms with E-state index in [2.05, 4.69) is 0 Å². The summed E-state index contributed by atoms with van der Waals surface area (Å²) in [6, 6.07) is 9.61. The average Bonchev–Trinajstić information content (AvgIpc) is 2.46. The third-order valence-electron chi connectivity index (χ3n) is 3.06. The van der Waals surface area contributed by atoms with Gasteiger partial charge in [0.2, 0.25) is 0 Å². The summed E-state index contributed by atoms with van der Waals surface area (Å²) in [7, 11) is 0. The standard InChI is InChI=1S/C15H11NO5/c1-9-6-7-10(8-13(9)16(20)21)14(17)11-4-2-3-5-12(11)15(18)19/h2-8H,1H3,(H,18,19)/p-1. The van der Waals surface area contributed by atoms with E-state index in [9.17, 15) is 24.8 Å². The van der Waals surface area contributed by atoms with Crippen LogP contribution >= 0.6 is 0 Å². The van der Waals surface area contributed by atoms with Crippen LogP contribution in [0.3, 0.4) is 0 Å². The number of carboxylic acids is 1. The summed E-state index contributed by atoms with van der Waals surface area (Å²) in [6.07, 6.45) is 0. The van der Waals surface area contributed by atoms with Gasteiger partial charge in [-0.2, -0.15) is 0 Å². The molecule has 2 rings (SSSR count). The average molecular weight is 284 g/mol. The van der Waals surface area contributed by atoms with Gasteiger partial charge in [0, 0.05) is 28.3 Å². The smallest absolute Gasteiger partial charge is 0.273 e. The molecule has 21 heavy (non-hydrogen) atoms. The third-order valence-corrected chi connectivity index (χ3v) is 3.06. The lowest BCUT2D eigenvalue weighted by molar-refractivity contribution is -0.385. The molecule has 6 nitrogen and oxygen atoms in total. The van der Waals surface area contributed by atoms with E-state index in [4.69, 9.17) is 0 Å². The largest absolute Gasteiger partial charge is 0.545 e. The molecule has 0 radical (unpaired) electrons. The Balaban J connectivity index is 2.53. The lowest BCUT2D eigenvalue weighted by Crippen LogP contribution is -2.25. The molecule has 0 saturated carbocycles. The SMILES string of the molecule is Cc1ccc(C(=O)c2ccccc2C(=O)[O-])cc1[N+](=O)[O-]. The molecule has 0 bridgehead atoms. The van der Waals surface area contributed by atoms with Crippen molar-refractivity contribution in [3.8, 4) is 0 Å². The van der Waals surface area contributed by atoms with E-state index >= 15 is 0 Å². The second kappa shape index (κ2) is 5.54.